The minimum Gasteiger partial charge on any atom is -0.341 e. The van der Waals surface area contributed by atoms with Crippen LogP contribution in [0.25, 0.3) is 0 Å². The van der Waals surface area contributed by atoms with E-state index in [1.807, 2.05) is 6.92 Å². The number of carbonyl (C=O) groups is 2. The summed E-state index contributed by atoms with van der Waals surface area (Å²) in [5, 5.41) is 5.48. The quantitative estimate of drug-likeness (QED) is 0.757. The lowest BCUT2D eigenvalue weighted by Crippen LogP contribution is -2.14. The normalized spacial score (nSPS) is 10.2. The van der Waals surface area contributed by atoms with E-state index in [0.29, 0.717) is 15.3 Å². The van der Waals surface area contributed by atoms with Crippen molar-refractivity contribution in [2.45, 2.75) is 20.3 Å². The molecule has 2 aromatic rings. The molecule has 7 heteroatoms. The smallest absolute Gasteiger partial charge is 0.229 e. The van der Waals surface area contributed by atoms with Crippen LogP contribution >= 0.6 is 23.6 Å². The van der Waals surface area contributed by atoms with Crippen molar-refractivity contribution in [2.24, 2.45) is 0 Å². The first-order valence-corrected chi connectivity index (χ1v) is 7.52. The highest BCUT2D eigenvalue weighted by molar-refractivity contribution is 7.73. The van der Waals surface area contributed by atoms with E-state index in [1.165, 1.54) is 18.3 Å². The Morgan fingerprint density at radius 3 is 2.24 bits per heavy atom. The molecular weight excluding hydrogens is 306 g/mol. The van der Waals surface area contributed by atoms with E-state index in [-0.39, 0.29) is 18.2 Å². The van der Waals surface area contributed by atoms with Crippen LogP contribution in [-0.4, -0.2) is 16.8 Å². The van der Waals surface area contributed by atoms with E-state index in [2.05, 4.69) is 15.6 Å². The van der Waals surface area contributed by atoms with Crippen LogP contribution in [0.5, 0.6) is 0 Å². The maximum atomic E-state index is 12.0. The molecule has 2 rings (SSSR count). The van der Waals surface area contributed by atoms with Crippen LogP contribution in [0.4, 0.5) is 11.4 Å². The Labute approximate surface area is 131 Å². The number of hydrogen-bond donors (Lipinski definition) is 3. The van der Waals surface area contributed by atoms with Crippen LogP contribution in [0.15, 0.2) is 24.3 Å². The molecule has 0 atom stereocenters. The van der Waals surface area contributed by atoms with E-state index in [4.69, 9.17) is 12.2 Å². The molecule has 0 saturated carbocycles. The van der Waals surface area contributed by atoms with E-state index >= 15 is 0 Å². The summed E-state index contributed by atoms with van der Waals surface area (Å²) in [5.41, 5.74) is 2.31. The van der Waals surface area contributed by atoms with Crippen molar-refractivity contribution < 1.29 is 9.59 Å². The van der Waals surface area contributed by atoms with Gasteiger partial charge in [0.05, 0.1) is 6.42 Å². The summed E-state index contributed by atoms with van der Waals surface area (Å²) in [4.78, 5) is 26.9. The monoisotopic (exact) mass is 321 g/mol. The van der Waals surface area contributed by atoms with Gasteiger partial charge in [-0.1, -0.05) is 0 Å². The zero-order valence-corrected chi connectivity index (χ0v) is 13.3. The molecule has 3 N–H and O–H groups in total. The number of benzene rings is 1. The lowest BCUT2D eigenvalue weighted by Gasteiger charge is -2.06. The number of thiazole rings is 1. The highest BCUT2D eigenvalue weighted by Gasteiger charge is 2.09. The highest BCUT2D eigenvalue weighted by Crippen LogP contribution is 2.17. The zero-order chi connectivity index (χ0) is 15.4. The molecule has 0 unspecified atom stereocenters. The second-order valence-corrected chi connectivity index (χ2v) is 6.32. The lowest BCUT2D eigenvalue weighted by atomic mass is 10.2. The number of amides is 2. The largest absolute Gasteiger partial charge is 0.341 e. The maximum absolute atomic E-state index is 12.0. The van der Waals surface area contributed by atoms with E-state index in [0.717, 1.165) is 10.6 Å². The van der Waals surface area contributed by atoms with Gasteiger partial charge >= 0.3 is 0 Å². The van der Waals surface area contributed by atoms with Gasteiger partial charge in [0.15, 0.2) is 3.95 Å². The van der Waals surface area contributed by atoms with Crippen molar-refractivity contribution >= 4 is 46.7 Å². The molecule has 0 aliphatic rings. The standard InChI is InChI=1S/C14H15N3O2S2/c1-8-12(21-14(20)15-8)7-13(19)17-11-5-3-10(4-6-11)16-9(2)18/h3-6H,7H2,1-2H3,(H,15,20)(H,16,18)(H,17,19). The van der Waals surface area contributed by atoms with Gasteiger partial charge in [-0.25, -0.2) is 0 Å². The summed E-state index contributed by atoms with van der Waals surface area (Å²) in [7, 11) is 0. The summed E-state index contributed by atoms with van der Waals surface area (Å²) in [6, 6.07) is 6.97. The average Bonchev–Trinajstić information content (AvgIpc) is 2.69. The first-order chi connectivity index (χ1) is 9.94. The molecule has 1 heterocycles. The number of aryl methyl sites for hydroxylation is 1. The number of carbonyl (C=O) groups excluding carboxylic acids is 2. The van der Waals surface area contributed by atoms with Gasteiger partial charge in [-0.15, -0.1) is 11.3 Å². The molecule has 0 aliphatic carbocycles. The van der Waals surface area contributed by atoms with Gasteiger partial charge in [-0.05, 0) is 43.4 Å². The van der Waals surface area contributed by atoms with E-state index < -0.39 is 0 Å². The predicted octanol–water partition coefficient (Wildman–Crippen LogP) is 3.25. The third-order valence-electron chi connectivity index (χ3n) is 2.73. The Morgan fingerprint density at radius 1 is 1.19 bits per heavy atom. The lowest BCUT2D eigenvalue weighted by molar-refractivity contribution is -0.116. The average molecular weight is 321 g/mol. The number of aromatic nitrogens is 1. The Balaban J connectivity index is 1.98. The number of nitrogens with one attached hydrogen (secondary N) is 3. The fraction of sp³-hybridized carbons (Fsp3) is 0.214. The molecule has 1 aromatic carbocycles. The minimum atomic E-state index is -0.129. The molecule has 1 aromatic heterocycles. The Morgan fingerprint density at radius 2 is 1.76 bits per heavy atom. The van der Waals surface area contributed by atoms with Crippen molar-refractivity contribution in [3.63, 3.8) is 0 Å². The topological polar surface area (TPSA) is 74.0 Å². The van der Waals surface area contributed by atoms with Crippen molar-refractivity contribution in [3.05, 3.63) is 38.8 Å². The van der Waals surface area contributed by atoms with E-state index in [9.17, 15) is 9.59 Å². The second kappa shape index (κ2) is 6.64. The molecule has 0 bridgehead atoms. The molecule has 0 aliphatic heterocycles. The third kappa shape index (κ3) is 4.51. The van der Waals surface area contributed by atoms with Gasteiger partial charge in [-0.3, -0.25) is 9.59 Å². The zero-order valence-electron chi connectivity index (χ0n) is 11.6. The van der Waals surface area contributed by atoms with Gasteiger partial charge in [-0.2, -0.15) is 0 Å². The van der Waals surface area contributed by atoms with Crippen LogP contribution in [0.3, 0.4) is 0 Å². The Kier molecular flexibility index (Phi) is 4.87. The summed E-state index contributed by atoms with van der Waals surface area (Å²) in [5.74, 6) is -0.230. The van der Waals surface area contributed by atoms with Gasteiger partial charge in [0.1, 0.15) is 0 Å². The van der Waals surface area contributed by atoms with Crippen LogP contribution in [-0.2, 0) is 16.0 Å². The molecule has 2 amide bonds. The van der Waals surface area contributed by atoms with Crippen molar-refractivity contribution in [2.75, 3.05) is 10.6 Å². The number of rotatable bonds is 4. The third-order valence-corrected chi connectivity index (χ3v) is 4.07. The fourth-order valence-electron chi connectivity index (χ4n) is 1.80. The maximum Gasteiger partial charge on any atom is 0.229 e. The SMILES string of the molecule is CC(=O)Nc1ccc(NC(=O)Cc2sc(=S)[nH]c2C)cc1. The van der Waals surface area contributed by atoms with Crippen LogP contribution in [0.1, 0.15) is 17.5 Å². The van der Waals surface area contributed by atoms with Crippen molar-refractivity contribution in [1.29, 1.82) is 0 Å². The van der Waals surface area contributed by atoms with Gasteiger partial charge in [0.2, 0.25) is 11.8 Å². The minimum absolute atomic E-state index is 0.101. The molecule has 110 valence electrons. The molecule has 0 radical (unpaired) electrons. The van der Waals surface area contributed by atoms with Crippen LogP contribution < -0.4 is 10.6 Å². The molecule has 5 nitrogen and oxygen atoms in total. The van der Waals surface area contributed by atoms with Gasteiger partial charge in [0, 0.05) is 28.9 Å². The Bertz CT molecular complexity index is 717. The Hall–Kier alpha value is -1.99. The van der Waals surface area contributed by atoms with Crippen LogP contribution in [0, 0.1) is 10.9 Å². The predicted molar refractivity (Wildman–Crippen MR) is 87.3 cm³/mol. The summed E-state index contributed by atoms with van der Waals surface area (Å²) in [6.07, 6.45) is 0.289. The van der Waals surface area contributed by atoms with Gasteiger partial charge < -0.3 is 15.6 Å². The first kappa shape index (κ1) is 15.4. The summed E-state index contributed by atoms with van der Waals surface area (Å²) >= 11 is 6.46. The molecular formula is C14H15N3O2S2. The van der Waals surface area contributed by atoms with Gasteiger partial charge in [0.25, 0.3) is 0 Å². The fourth-order valence-corrected chi connectivity index (χ4v) is 3.09. The molecule has 21 heavy (non-hydrogen) atoms. The highest BCUT2D eigenvalue weighted by atomic mass is 32.1. The second-order valence-electron chi connectivity index (χ2n) is 4.55. The molecule has 0 fully saturated rings. The van der Waals surface area contributed by atoms with Crippen molar-refractivity contribution in [3.8, 4) is 0 Å². The first-order valence-electron chi connectivity index (χ1n) is 6.30. The molecule has 0 saturated heterocycles. The summed E-state index contributed by atoms with van der Waals surface area (Å²) < 4.78 is 0.676. The van der Waals surface area contributed by atoms with Crippen LogP contribution in [0.2, 0.25) is 0 Å². The van der Waals surface area contributed by atoms with E-state index in [1.54, 1.807) is 24.3 Å². The number of aromatic amines is 1. The number of anilines is 2. The number of hydrogen-bond acceptors (Lipinski definition) is 4. The number of H-pyrrole nitrogens is 1. The summed E-state index contributed by atoms with van der Waals surface area (Å²) in [6.45, 7) is 3.35. The van der Waals surface area contributed by atoms with Crippen molar-refractivity contribution in [1.82, 2.24) is 4.98 Å². The molecule has 0 spiro atoms.